The molecule has 2 N–H and O–H groups in total. The van der Waals surface area contributed by atoms with Gasteiger partial charge < -0.3 is 10.3 Å². The Balaban J connectivity index is 2.06. The second-order valence-electron chi connectivity index (χ2n) is 4.75. The second kappa shape index (κ2) is 5.58. The van der Waals surface area contributed by atoms with Crippen LogP contribution >= 0.6 is 11.6 Å². The van der Waals surface area contributed by atoms with Crippen LogP contribution in [0.5, 0.6) is 0 Å². The summed E-state index contributed by atoms with van der Waals surface area (Å²) in [6.45, 7) is 0. The van der Waals surface area contributed by atoms with Crippen molar-refractivity contribution in [3.8, 4) is 0 Å². The predicted octanol–water partition coefficient (Wildman–Crippen LogP) is 4.49. The topological polar surface area (TPSA) is 57.8 Å². The van der Waals surface area contributed by atoms with Crippen LogP contribution in [0.15, 0.2) is 42.5 Å². The normalized spacial score (nSPS) is 11.7. The molecule has 4 nitrogen and oxygen atoms in total. The van der Waals surface area contributed by atoms with Crippen LogP contribution in [0.1, 0.15) is 16.2 Å². The Kier molecular flexibility index (Phi) is 3.73. The van der Waals surface area contributed by atoms with E-state index in [1.165, 1.54) is 12.1 Å². The number of carbonyl (C=O) groups excluding carboxylic acids is 1. The molecule has 0 atom stereocenters. The van der Waals surface area contributed by atoms with Crippen molar-refractivity contribution in [3.63, 3.8) is 0 Å². The number of hydrogen-bond donors (Lipinski definition) is 2. The van der Waals surface area contributed by atoms with Gasteiger partial charge in [-0.15, -0.1) is 0 Å². The summed E-state index contributed by atoms with van der Waals surface area (Å²) < 4.78 is 38.3. The highest BCUT2D eigenvalue weighted by atomic mass is 35.5. The van der Waals surface area contributed by atoms with E-state index in [-0.39, 0.29) is 21.6 Å². The summed E-state index contributed by atoms with van der Waals surface area (Å²) in [7, 11) is 0. The highest BCUT2D eigenvalue weighted by Crippen LogP contribution is 2.31. The van der Waals surface area contributed by atoms with Crippen LogP contribution in [0.2, 0.25) is 5.02 Å². The van der Waals surface area contributed by atoms with Crippen molar-refractivity contribution >= 4 is 34.2 Å². The Bertz CT molecular complexity index is 875. The van der Waals surface area contributed by atoms with E-state index in [4.69, 9.17) is 11.6 Å². The lowest BCUT2D eigenvalue weighted by Gasteiger charge is -2.06. The lowest BCUT2D eigenvalue weighted by Crippen LogP contribution is -2.12. The molecule has 0 saturated carbocycles. The highest BCUT2D eigenvalue weighted by molar-refractivity contribution is 6.32. The number of aromatic amines is 1. The average Bonchev–Trinajstić information content (AvgIpc) is 2.91. The number of carbonyl (C=O) groups is 1. The van der Waals surface area contributed by atoms with Gasteiger partial charge >= 0.3 is 6.18 Å². The number of hydrogen-bond acceptors (Lipinski definition) is 2. The lowest BCUT2D eigenvalue weighted by atomic mass is 10.1. The third kappa shape index (κ3) is 3.14. The molecule has 0 saturated heterocycles. The predicted molar refractivity (Wildman–Crippen MR) is 80.5 cm³/mol. The molecular weight excluding hydrogens is 331 g/mol. The number of benzene rings is 2. The van der Waals surface area contributed by atoms with E-state index in [0.717, 1.165) is 0 Å². The van der Waals surface area contributed by atoms with E-state index < -0.39 is 17.9 Å². The fraction of sp³-hybridized carbons (Fsp3) is 0.0667. The smallest absolute Gasteiger partial charge is 0.334 e. The van der Waals surface area contributed by atoms with Gasteiger partial charge in [-0.1, -0.05) is 29.8 Å². The van der Waals surface area contributed by atoms with Gasteiger partial charge in [-0.05, 0) is 24.3 Å². The molecule has 3 aromatic rings. The van der Waals surface area contributed by atoms with Gasteiger partial charge in [0.15, 0.2) is 0 Å². The molecule has 0 unspecified atom stereocenters. The molecule has 0 aliphatic rings. The van der Waals surface area contributed by atoms with E-state index in [1.54, 1.807) is 30.3 Å². The zero-order valence-corrected chi connectivity index (χ0v) is 12.2. The molecule has 1 amide bonds. The molecule has 1 heterocycles. The number of amides is 1. The minimum Gasteiger partial charge on any atom is -0.334 e. The second-order valence-corrected chi connectivity index (χ2v) is 5.19. The first-order valence-corrected chi connectivity index (χ1v) is 6.85. The van der Waals surface area contributed by atoms with Crippen molar-refractivity contribution in [1.82, 2.24) is 9.97 Å². The van der Waals surface area contributed by atoms with E-state index in [0.29, 0.717) is 5.69 Å². The van der Waals surface area contributed by atoms with Crippen LogP contribution in [0, 0.1) is 0 Å². The maximum atomic E-state index is 12.8. The van der Waals surface area contributed by atoms with Crippen molar-refractivity contribution in [2.24, 2.45) is 0 Å². The summed E-state index contributed by atoms with van der Waals surface area (Å²) in [5, 5.41) is 2.73. The van der Waals surface area contributed by atoms with Gasteiger partial charge in [0.25, 0.3) is 5.91 Å². The van der Waals surface area contributed by atoms with Crippen molar-refractivity contribution < 1.29 is 18.0 Å². The first-order chi connectivity index (χ1) is 10.8. The number of H-pyrrole nitrogens is 1. The lowest BCUT2D eigenvalue weighted by molar-refractivity contribution is -0.144. The van der Waals surface area contributed by atoms with Gasteiger partial charge in [-0.3, -0.25) is 4.79 Å². The SMILES string of the molecule is O=C(Nc1ccccc1)c1cc(Cl)cc2[nH]c(C(F)(F)F)nc12. The highest BCUT2D eigenvalue weighted by Gasteiger charge is 2.35. The summed E-state index contributed by atoms with van der Waals surface area (Å²) in [5.74, 6) is -1.77. The zero-order valence-electron chi connectivity index (χ0n) is 11.4. The average molecular weight is 340 g/mol. The van der Waals surface area contributed by atoms with Crippen molar-refractivity contribution in [2.45, 2.75) is 6.18 Å². The van der Waals surface area contributed by atoms with Gasteiger partial charge in [0.2, 0.25) is 5.82 Å². The van der Waals surface area contributed by atoms with Crippen LogP contribution in [-0.2, 0) is 6.18 Å². The fourth-order valence-electron chi connectivity index (χ4n) is 2.11. The third-order valence-corrected chi connectivity index (χ3v) is 3.31. The maximum Gasteiger partial charge on any atom is 0.449 e. The number of rotatable bonds is 2. The minimum absolute atomic E-state index is 0.0388. The van der Waals surface area contributed by atoms with Gasteiger partial charge in [0.05, 0.1) is 11.1 Å². The Labute approximate surface area is 133 Å². The molecule has 118 valence electrons. The number of fused-ring (bicyclic) bond motifs is 1. The van der Waals surface area contributed by atoms with E-state index in [2.05, 4.69) is 15.3 Å². The molecule has 0 spiro atoms. The quantitative estimate of drug-likeness (QED) is 0.723. The van der Waals surface area contributed by atoms with Crippen molar-refractivity contribution in [1.29, 1.82) is 0 Å². The molecule has 0 fully saturated rings. The Morgan fingerprint density at radius 2 is 1.87 bits per heavy atom. The monoisotopic (exact) mass is 339 g/mol. The van der Waals surface area contributed by atoms with E-state index >= 15 is 0 Å². The molecule has 3 rings (SSSR count). The van der Waals surface area contributed by atoms with Gasteiger partial charge in [0, 0.05) is 10.7 Å². The third-order valence-electron chi connectivity index (χ3n) is 3.10. The van der Waals surface area contributed by atoms with E-state index in [1.807, 2.05) is 0 Å². The Hall–Kier alpha value is -2.54. The summed E-state index contributed by atoms with van der Waals surface area (Å²) in [6, 6.07) is 11.1. The number of halogens is 4. The standard InChI is InChI=1S/C15H9ClF3N3O/c16-8-6-10(13(23)20-9-4-2-1-3-5-9)12-11(7-8)21-14(22-12)15(17,18)19/h1-7H,(H,20,23)(H,21,22). The summed E-state index contributed by atoms with van der Waals surface area (Å²) in [4.78, 5) is 18.0. The van der Waals surface area contributed by atoms with Crippen LogP contribution in [0.25, 0.3) is 11.0 Å². The Morgan fingerprint density at radius 1 is 1.17 bits per heavy atom. The number of nitrogens with zero attached hydrogens (tertiary/aromatic N) is 1. The fourth-order valence-corrected chi connectivity index (χ4v) is 2.33. The van der Waals surface area contributed by atoms with Crippen LogP contribution in [0.3, 0.4) is 0 Å². The van der Waals surface area contributed by atoms with Gasteiger partial charge in [-0.25, -0.2) is 4.98 Å². The summed E-state index contributed by atoms with van der Waals surface area (Å²) in [6.07, 6.45) is -4.64. The molecule has 0 bridgehead atoms. The number of imidazole rings is 1. The van der Waals surface area contributed by atoms with Crippen molar-refractivity contribution in [2.75, 3.05) is 5.32 Å². The zero-order chi connectivity index (χ0) is 16.6. The van der Waals surface area contributed by atoms with Crippen molar-refractivity contribution in [3.05, 3.63) is 58.9 Å². The number of nitrogens with one attached hydrogen (secondary N) is 2. The number of anilines is 1. The minimum atomic E-state index is -4.64. The molecule has 2 aromatic carbocycles. The molecule has 8 heteroatoms. The first kappa shape index (κ1) is 15.4. The van der Waals surface area contributed by atoms with Gasteiger partial charge in [0.1, 0.15) is 5.52 Å². The molecular formula is C15H9ClF3N3O. The number of alkyl halides is 3. The largest absolute Gasteiger partial charge is 0.449 e. The first-order valence-electron chi connectivity index (χ1n) is 6.47. The van der Waals surface area contributed by atoms with Crippen LogP contribution < -0.4 is 5.32 Å². The molecule has 0 radical (unpaired) electrons. The summed E-state index contributed by atoms with van der Waals surface area (Å²) >= 11 is 5.89. The summed E-state index contributed by atoms with van der Waals surface area (Å²) in [5.41, 5.74) is 0.429. The number of para-hydroxylation sites is 1. The van der Waals surface area contributed by atoms with Crippen LogP contribution in [0.4, 0.5) is 18.9 Å². The molecule has 1 aromatic heterocycles. The van der Waals surface area contributed by atoms with Gasteiger partial charge in [-0.2, -0.15) is 13.2 Å². The maximum absolute atomic E-state index is 12.8. The molecule has 23 heavy (non-hydrogen) atoms. The Morgan fingerprint density at radius 3 is 2.52 bits per heavy atom. The van der Waals surface area contributed by atoms with E-state index in [9.17, 15) is 18.0 Å². The molecule has 0 aliphatic carbocycles. The number of aromatic nitrogens is 2. The van der Waals surface area contributed by atoms with Crippen LogP contribution in [-0.4, -0.2) is 15.9 Å². The molecule has 0 aliphatic heterocycles.